The molecular formula is C104H73N5O15. The second-order valence-corrected chi connectivity index (χ2v) is 34.3. The van der Waals surface area contributed by atoms with Crippen LogP contribution in [0.1, 0.15) is 215 Å². The second kappa shape index (κ2) is 27.0. The fraction of sp³-hybridized carbons (Fsp3) is 0.192. The lowest BCUT2D eigenvalue weighted by Gasteiger charge is -2.36. The first kappa shape index (κ1) is 74.2. The summed E-state index contributed by atoms with van der Waals surface area (Å²) in [5.74, 6) is -3.62. The molecule has 0 aromatic heterocycles. The lowest BCUT2D eigenvalue weighted by molar-refractivity contribution is 0.0490. The third kappa shape index (κ3) is 10.2. The molecule has 1 fully saturated rings. The molecule has 1 aliphatic carbocycles. The van der Waals surface area contributed by atoms with E-state index in [9.17, 15) is 47.9 Å². The standard InChI is InChI=1S/C104H73N5O15/c1-6-7-45-122-104(121)76-40-30-65-91-79(124-56-19-15-52(16-20-56)42-44-106-96(113)69-33-23-59-63-27-37-73-88-74(101(118)108(50(4)5)100(73)117)38-28-64(84(63)88)60-24-34-70(97(106)114)86(69)82(59)60)47-77-89-75(102(119)109(103(77)120)54-11-9-8-10-12-54)39-29-66(93(89)91)90-78(46-53(48-110)80(76)92(65)90)123-55-17-13-51(14-18-55)41-43-105-94(111)67-31-21-57-61-25-35-71-87-72(99(116)107(49(2)3)98(71)115)36-26-62(83(61)87)58-22-32-68(95(105)112)85(67)81(57)58/h13-40,46-50,54H,6-12,41-45H2,1-5H3. The zero-order chi connectivity index (χ0) is 84.7. The van der Waals surface area contributed by atoms with Gasteiger partial charge in [-0.25, -0.2) is 4.79 Å². The van der Waals surface area contributed by atoms with Gasteiger partial charge < -0.3 is 14.2 Å². The first-order valence-electron chi connectivity index (χ1n) is 42.4. The molecule has 0 radical (unpaired) electrons. The topological polar surface area (TPSA) is 249 Å². The molecule has 1 saturated carbocycles. The summed E-state index contributed by atoms with van der Waals surface area (Å²) in [5.41, 5.74) is 5.58. The summed E-state index contributed by atoms with van der Waals surface area (Å²) in [5, 5.41) is 15.2. The number of ether oxygens (including phenoxy) is 3. The first-order chi connectivity index (χ1) is 60.2. The number of unbranched alkanes of at least 4 members (excludes halogenated alkanes) is 1. The quantitative estimate of drug-likeness (QED) is 0.0193. The molecule has 17 aromatic carbocycles. The molecule has 604 valence electrons. The van der Waals surface area contributed by atoms with E-state index >= 15 is 9.59 Å². The molecule has 20 heteroatoms. The molecule has 23 rings (SSSR count). The van der Waals surface area contributed by atoms with Crippen molar-refractivity contribution >= 4 is 201 Å². The molecule has 6 aliphatic rings. The van der Waals surface area contributed by atoms with Gasteiger partial charge >= 0.3 is 5.97 Å². The minimum atomic E-state index is -0.652. The van der Waals surface area contributed by atoms with Crippen molar-refractivity contribution in [3.8, 4) is 23.0 Å². The molecule has 10 amide bonds. The Bertz CT molecular complexity index is 7670. The Morgan fingerprint density at radius 3 is 1.06 bits per heavy atom. The highest BCUT2D eigenvalue weighted by molar-refractivity contribution is 6.46. The molecule has 5 heterocycles. The summed E-state index contributed by atoms with van der Waals surface area (Å²) in [6, 6.07) is 52.8. The van der Waals surface area contributed by atoms with Gasteiger partial charge in [0.15, 0.2) is 6.29 Å². The van der Waals surface area contributed by atoms with Gasteiger partial charge in [-0.15, -0.1) is 0 Å². The largest absolute Gasteiger partial charge is 0.462 e. The number of hydrogen-bond donors (Lipinski definition) is 0. The molecule has 0 N–H and O–H groups in total. The fourth-order valence-corrected chi connectivity index (χ4v) is 21.4. The number of carbonyl (C=O) groups is 12. The van der Waals surface area contributed by atoms with Crippen LogP contribution < -0.4 is 9.47 Å². The number of benzene rings is 17. The Kier molecular flexibility index (Phi) is 16.2. The van der Waals surface area contributed by atoms with Gasteiger partial charge in [-0.3, -0.25) is 77.2 Å². The van der Waals surface area contributed by atoms with Crippen LogP contribution in [0.25, 0.3) is 129 Å². The van der Waals surface area contributed by atoms with E-state index in [1.54, 1.807) is 103 Å². The third-order valence-electron chi connectivity index (χ3n) is 27.1. The van der Waals surface area contributed by atoms with Crippen LogP contribution in [0.4, 0.5) is 0 Å². The van der Waals surface area contributed by atoms with E-state index in [4.69, 9.17) is 14.2 Å². The Hall–Kier alpha value is -14.9. The highest BCUT2D eigenvalue weighted by atomic mass is 16.5. The van der Waals surface area contributed by atoms with Crippen LogP contribution in [-0.2, 0) is 17.6 Å². The Labute approximate surface area is 705 Å². The number of fused-ring (bicyclic) bond motifs is 6. The molecule has 0 bridgehead atoms. The van der Waals surface area contributed by atoms with Gasteiger partial charge in [0.1, 0.15) is 23.0 Å². The smallest absolute Gasteiger partial charge is 0.338 e. The molecule has 17 aromatic rings. The van der Waals surface area contributed by atoms with E-state index < -0.39 is 41.4 Å². The summed E-state index contributed by atoms with van der Waals surface area (Å²) in [4.78, 5) is 181. The maximum absolute atomic E-state index is 15.6. The molecule has 0 saturated heterocycles. The zero-order valence-electron chi connectivity index (χ0n) is 68.0. The van der Waals surface area contributed by atoms with Crippen molar-refractivity contribution in [1.82, 2.24) is 24.5 Å². The molecular weight excluding hydrogens is 1560 g/mol. The van der Waals surface area contributed by atoms with Crippen LogP contribution in [0.15, 0.2) is 182 Å². The highest BCUT2D eigenvalue weighted by Crippen LogP contribution is 2.55. The van der Waals surface area contributed by atoms with E-state index in [2.05, 4.69) is 0 Å². The average molecular weight is 1630 g/mol. The molecule has 0 atom stereocenters. The summed E-state index contributed by atoms with van der Waals surface area (Å²) in [6.07, 6.45) is 6.51. The Morgan fingerprint density at radius 1 is 0.355 bits per heavy atom. The van der Waals surface area contributed by atoms with Crippen LogP contribution in [0.2, 0.25) is 0 Å². The van der Waals surface area contributed by atoms with Crippen molar-refractivity contribution in [2.45, 2.75) is 111 Å². The summed E-state index contributed by atoms with van der Waals surface area (Å²) in [6.45, 7) is 9.42. The van der Waals surface area contributed by atoms with Gasteiger partial charge in [0.2, 0.25) is 0 Å². The summed E-state index contributed by atoms with van der Waals surface area (Å²) < 4.78 is 20.0. The van der Waals surface area contributed by atoms with Crippen LogP contribution in [0.3, 0.4) is 0 Å². The van der Waals surface area contributed by atoms with Crippen molar-refractivity contribution < 1.29 is 71.7 Å². The number of carbonyl (C=O) groups excluding carboxylic acids is 12. The minimum Gasteiger partial charge on any atom is -0.462 e. The number of amides is 10. The lowest BCUT2D eigenvalue weighted by Crippen LogP contribution is -2.47. The van der Waals surface area contributed by atoms with Crippen molar-refractivity contribution in [1.29, 1.82) is 0 Å². The van der Waals surface area contributed by atoms with E-state index in [1.807, 2.05) is 113 Å². The Balaban J connectivity index is 0.575. The molecule has 5 aliphatic heterocycles. The number of rotatable bonds is 18. The molecule has 0 spiro atoms. The van der Waals surface area contributed by atoms with Crippen molar-refractivity contribution in [2.75, 3.05) is 19.7 Å². The normalized spacial score (nSPS) is 15.6. The molecule has 124 heavy (non-hydrogen) atoms. The number of aldehydes is 1. The van der Waals surface area contributed by atoms with Gasteiger partial charge in [-0.05, 0) is 243 Å². The zero-order valence-corrected chi connectivity index (χ0v) is 68.0. The summed E-state index contributed by atoms with van der Waals surface area (Å²) in [7, 11) is 0. The van der Waals surface area contributed by atoms with Crippen LogP contribution >= 0.6 is 0 Å². The predicted molar refractivity (Wildman–Crippen MR) is 473 cm³/mol. The average Bonchev–Trinajstić information content (AvgIpc) is 0.697. The predicted octanol–water partition coefficient (Wildman–Crippen LogP) is 20.8. The molecule has 20 nitrogen and oxygen atoms in total. The van der Waals surface area contributed by atoms with Crippen LogP contribution in [0.5, 0.6) is 23.0 Å². The van der Waals surface area contributed by atoms with Crippen LogP contribution in [-0.4, -0.2) is 134 Å². The maximum atomic E-state index is 15.6. The Morgan fingerprint density at radius 2 is 0.685 bits per heavy atom. The molecule has 0 unspecified atom stereocenters. The van der Waals surface area contributed by atoms with Gasteiger partial charge in [-0.1, -0.05) is 118 Å². The lowest BCUT2D eigenvalue weighted by atomic mass is 9.82. The van der Waals surface area contributed by atoms with Crippen molar-refractivity contribution in [2.24, 2.45) is 0 Å². The second-order valence-electron chi connectivity index (χ2n) is 34.3. The fourth-order valence-electron chi connectivity index (χ4n) is 21.4. The number of hydrogen-bond acceptors (Lipinski definition) is 15. The SMILES string of the molecule is CCCCOC(=O)c1ccc2c3c(Oc4ccc(CCN5C(=O)c6ccc7c8ccc9c%10c(ccc(c%11ccc(c6c7%11)C5=O)c%108)C(=O)N(C(C)C)C9=O)cc4)cc4c5c(ccc(c6c(Oc7ccc(CCN8C(=O)c9ccc%10c%11ccc%12c%13c(ccc(c%14ccc(c9c%10%14)C8=O)c%13%11)C(=O)N(C(C)C)C%12=O)cc7)cc(C=O)c1c26)c53)C(=O)N(C1CCCCC1)C4=O. The highest BCUT2D eigenvalue weighted by Gasteiger charge is 2.44. The number of imide groups is 5. The van der Waals surface area contributed by atoms with E-state index in [-0.39, 0.29) is 108 Å². The van der Waals surface area contributed by atoms with Crippen molar-refractivity contribution in [3.05, 3.63) is 260 Å². The first-order valence-corrected chi connectivity index (χ1v) is 42.4. The van der Waals surface area contributed by atoms with E-state index in [0.29, 0.717) is 146 Å². The minimum absolute atomic E-state index is 0.0286. The van der Waals surface area contributed by atoms with E-state index in [1.165, 1.54) is 24.5 Å². The number of esters is 1. The summed E-state index contributed by atoms with van der Waals surface area (Å²) >= 11 is 0. The van der Waals surface area contributed by atoms with Gasteiger partial charge in [0.25, 0.3) is 59.1 Å². The third-order valence-corrected chi connectivity index (χ3v) is 27.1. The maximum Gasteiger partial charge on any atom is 0.338 e. The van der Waals surface area contributed by atoms with Crippen molar-refractivity contribution in [3.63, 3.8) is 0 Å². The van der Waals surface area contributed by atoms with Gasteiger partial charge in [-0.2, -0.15) is 0 Å². The van der Waals surface area contributed by atoms with Gasteiger partial charge in [0.05, 0.1) is 17.7 Å². The monoisotopic (exact) mass is 1630 g/mol. The van der Waals surface area contributed by atoms with Gasteiger partial charge in [0, 0.05) is 141 Å². The number of nitrogens with zero attached hydrogens (tertiary/aromatic N) is 5. The van der Waals surface area contributed by atoms with E-state index in [0.717, 1.165) is 101 Å². The van der Waals surface area contributed by atoms with Crippen LogP contribution in [0, 0.1) is 0 Å².